The molecular weight excluding hydrogens is 859 g/mol. The molecule has 0 spiro atoms. The van der Waals surface area contributed by atoms with Crippen LogP contribution in [0.1, 0.15) is 80.1 Å². The van der Waals surface area contributed by atoms with Crippen LogP contribution in [0.4, 0.5) is 0 Å². The van der Waals surface area contributed by atoms with Gasteiger partial charge in [-0.3, -0.25) is 14.4 Å². The number of unbranched alkanes of at least 4 members (excludes halogenated alkanes) is 3. The average Bonchev–Trinajstić information content (AvgIpc) is 3.27. The number of rotatable bonds is 30. The third-order valence-electron chi connectivity index (χ3n) is 9.41. The Morgan fingerprint density at radius 1 is 0.455 bits per heavy atom. The predicted molar refractivity (Wildman–Crippen MR) is 241 cm³/mol. The first-order chi connectivity index (χ1) is 31.8. The maximum absolute atomic E-state index is 11.7. The maximum Gasteiger partial charge on any atom is 0.303 e. The molecule has 3 aromatic carbocycles. The summed E-state index contributed by atoms with van der Waals surface area (Å²) in [6.07, 6.45) is 3.33. The number of esters is 3. The highest BCUT2D eigenvalue weighted by Crippen LogP contribution is 2.38. The largest absolute Gasteiger partial charge is 0.507 e. The van der Waals surface area contributed by atoms with Gasteiger partial charge in [0.15, 0.2) is 35.8 Å². The quantitative estimate of drug-likeness (QED) is 0.0263. The molecule has 3 unspecified atom stereocenters. The normalized spacial score (nSPS) is 12.5. The molecule has 360 valence electrons. The zero-order valence-electron chi connectivity index (χ0n) is 38.6. The van der Waals surface area contributed by atoms with Crippen molar-refractivity contribution in [3.63, 3.8) is 0 Å². The molecule has 0 amide bonds. The molecule has 0 saturated carbocycles. The Morgan fingerprint density at radius 2 is 0.727 bits per heavy atom. The van der Waals surface area contributed by atoms with Crippen LogP contribution in [0.2, 0.25) is 0 Å². The summed E-state index contributed by atoms with van der Waals surface area (Å²) in [6.45, 7) is 11.8. The summed E-state index contributed by atoms with van der Waals surface area (Å²) >= 11 is 0. The second kappa shape index (κ2) is 27.9. The highest BCUT2D eigenvalue weighted by molar-refractivity contribution is 5.74. The lowest BCUT2D eigenvalue weighted by Gasteiger charge is -2.19. The Kier molecular flexibility index (Phi) is 22.2. The molecule has 0 aliphatic rings. The topological polar surface area (TPSA) is 234 Å². The Labute approximate surface area is 385 Å². The van der Waals surface area contributed by atoms with Crippen molar-refractivity contribution in [2.45, 2.75) is 98.4 Å². The molecule has 0 radical (unpaired) electrons. The van der Waals surface area contributed by atoms with E-state index in [1.807, 2.05) is 20.8 Å². The molecule has 0 saturated heterocycles. The standard InChI is InChI=1S/C48H63N3O15/c1-7-10-19-58-25-37(64-31(4)52)28-61-34-13-16-40(43(55)22-34)46-49-47(41-17-14-35(23-44(41)56)62-29-38(65-32(5)53)26-59-20-11-8-2)51-48(50-46)42-18-15-36(24-45(42)57)63-30-39(66-33(6)54)27-60-21-12-9-3/h13-18,22-24,37-39,55-57H,7-12,19-21,25-30H2,1-6H3. The molecule has 1 heterocycles. The lowest BCUT2D eigenvalue weighted by Crippen LogP contribution is -2.29. The second-order valence-corrected chi connectivity index (χ2v) is 15.3. The predicted octanol–water partition coefficient (Wildman–Crippen LogP) is 7.37. The van der Waals surface area contributed by atoms with Gasteiger partial charge in [0.2, 0.25) is 0 Å². The number of phenolic OH excluding ortho intramolecular Hbond substituents is 3. The summed E-state index contributed by atoms with van der Waals surface area (Å²) in [7, 11) is 0. The van der Waals surface area contributed by atoms with Gasteiger partial charge in [0.25, 0.3) is 0 Å². The van der Waals surface area contributed by atoms with Crippen molar-refractivity contribution in [1.82, 2.24) is 15.0 Å². The number of hydrogen-bond acceptors (Lipinski definition) is 18. The van der Waals surface area contributed by atoms with E-state index in [1.54, 1.807) is 18.2 Å². The zero-order chi connectivity index (χ0) is 47.8. The van der Waals surface area contributed by atoms with Gasteiger partial charge in [-0.05, 0) is 55.7 Å². The van der Waals surface area contributed by atoms with Crippen molar-refractivity contribution in [3.8, 4) is 68.7 Å². The van der Waals surface area contributed by atoms with Gasteiger partial charge in [-0.1, -0.05) is 40.0 Å². The fraction of sp³-hybridized carbons (Fsp3) is 0.500. The highest BCUT2D eigenvalue weighted by atomic mass is 16.6. The fourth-order valence-corrected chi connectivity index (χ4v) is 6.11. The number of benzene rings is 3. The van der Waals surface area contributed by atoms with Gasteiger partial charge in [0.1, 0.15) is 54.3 Å². The van der Waals surface area contributed by atoms with Crippen LogP contribution in [0.15, 0.2) is 54.6 Å². The summed E-state index contributed by atoms with van der Waals surface area (Å²) in [5.41, 5.74) is 0.461. The fourth-order valence-electron chi connectivity index (χ4n) is 6.11. The van der Waals surface area contributed by atoms with Crippen LogP contribution in [0, 0.1) is 0 Å². The number of phenols is 3. The summed E-state index contributed by atoms with van der Waals surface area (Å²) < 4.78 is 50.6. The van der Waals surface area contributed by atoms with Crippen LogP contribution in [0.5, 0.6) is 34.5 Å². The summed E-state index contributed by atoms with van der Waals surface area (Å²) in [4.78, 5) is 49.1. The van der Waals surface area contributed by atoms with Crippen molar-refractivity contribution in [3.05, 3.63) is 54.6 Å². The molecule has 0 bridgehead atoms. The van der Waals surface area contributed by atoms with Crippen molar-refractivity contribution >= 4 is 17.9 Å². The summed E-state index contributed by atoms with van der Waals surface area (Å²) in [6, 6.07) is 13.3. The Balaban J connectivity index is 1.66. The molecule has 4 rings (SSSR count). The van der Waals surface area contributed by atoms with Crippen molar-refractivity contribution < 1.29 is 72.3 Å². The van der Waals surface area contributed by atoms with Crippen LogP contribution in [0.3, 0.4) is 0 Å². The molecule has 18 nitrogen and oxygen atoms in total. The first-order valence-corrected chi connectivity index (χ1v) is 22.2. The number of aromatic nitrogens is 3. The molecular formula is C48H63N3O15. The lowest BCUT2D eigenvalue weighted by molar-refractivity contribution is -0.152. The molecule has 0 aliphatic carbocycles. The average molecular weight is 922 g/mol. The van der Waals surface area contributed by atoms with E-state index in [9.17, 15) is 29.7 Å². The molecule has 66 heavy (non-hydrogen) atoms. The van der Waals surface area contributed by atoms with Crippen LogP contribution in [-0.4, -0.2) is 126 Å². The number of hydrogen-bond donors (Lipinski definition) is 3. The number of aromatic hydroxyl groups is 3. The van der Waals surface area contributed by atoms with Crippen molar-refractivity contribution in [2.24, 2.45) is 0 Å². The van der Waals surface area contributed by atoms with Gasteiger partial charge in [-0.2, -0.15) is 0 Å². The van der Waals surface area contributed by atoms with Gasteiger partial charge >= 0.3 is 17.9 Å². The monoisotopic (exact) mass is 921 g/mol. The van der Waals surface area contributed by atoms with E-state index < -0.39 is 36.2 Å². The molecule has 0 fully saturated rings. The van der Waals surface area contributed by atoms with E-state index in [0.29, 0.717) is 19.8 Å². The van der Waals surface area contributed by atoms with Gasteiger partial charge in [0.05, 0.1) is 36.5 Å². The highest BCUT2D eigenvalue weighted by Gasteiger charge is 2.22. The van der Waals surface area contributed by atoms with Gasteiger partial charge in [-0.15, -0.1) is 0 Å². The van der Waals surface area contributed by atoms with Crippen LogP contribution < -0.4 is 14.2 Å². The van der Waals surface area contributed by atoms with Gasteiger partial charge in [-0.25, -0.2) is 15.0 Å². The first kappa shape index (κ1) is 52.4. The molecule has 3 N–H and O–H groups in total. The van der Waals surface area contributed by atoms with E-state index >= 15 is 0 Å². The second-order valence-electron chi connectivity index (χ2n) is 15.3. The minimum absolute atomic E-state index is 0.0276. The minimum atomic E-state index is -0.691. The molecule has 1 aromatic heterocycles. The van der Waals surface area contributed by atoms with Gasteiger partial charge < -0.3 is 58.0 Å². The Morgan fingerprint density at radius 3 is 0.955 bits per heavy atom. The third-order valence-corrected chi connectivity index (χ3v) is 9.41. The van der Waals surface area contributed by atoms with Crippen LogP contribution in [0.25, 0.3) is 34.2 Å². The number of carbonyl (C=O) groups excluding carboxylic acids is 3. The lowest BCUT2D eigenvalue weighted by atomic mass is 10.1. The van der Waals surface area contributed by atoms with Crippen LogP contribution in [-0.2, 0) is 42.8 Å². The van der Waals surface area contributed by atoms with E-state index in [2.05, 4.69) is 15.0 Å². The molecule has 4 aromatic rings. The van der Waals surface area contributed by atoms with Crippen molar-refractivity contribution in [1.29, 1.82) is 0 Å². The summed E-state index contributed by atoms with van der Waals surface area (Å²) in [5.74, 6) is -1.62. The Hall–Kier alpha value is -6.24. The maximum atomic E-state index is 11.7. The van der Waals surface area contributed by atoms with E-state index in [-0.39, 0.29) is 108 Å². The summed E-state index contributed by atoms with van der Waals surface area (Å²) in [5, 5.41) is 34.0. The Bertz CT molecular complexity index is 1900. The van der Waals surface area contributed by atoms with E-state index in [1.165, 1.54) is 57.2 Å². The number of ether oxygens (including phenoxy) is 9. The first-order valence-electron chi connectivity index (χ1n) is 22.2. The van der Waals surface area contributed by atoms with Crippen molar-refractivity contribution in [2.75, 3.05) is 59.5 Å². The number of carbonyl (C=O) groups is 3. The molecule has 0 aliphatic heterocycles. The number of nitrogens with zero attached hydrogens (tertiary/aromatic N) is 3. The van der Waals surface area contributed by atoms with E-state index in [4.69, 9.17) is 42.6 Å². The van der Waals surface area contributed by atoms with Crippen LogP contribution >= 0.6 is 0 Å². The zero-order valence-corrected chi connectivity index (χ0v) is 38.6. The molecule has 18 heteroatoms. The van der Waals surface area contributed by atoms with E-state index in [0.717, 1.165) is 38.5 Å². The SMILES string of the molecule is CCCCOCC(COc1ccc(-c2nc(-c3ccc(OCC(COCCCC)OC(C)=O)cc3O)nc(-c3ccc(OCC(COCCCC)OC(C)=O)cc3O)n2)c(O)c1)OC(C)=O. The minimum Gasteiger partial charge on any atom is -0.507 e. The smallest absolute Gasteiger partial charge is 0.303 e. The van der Waals surface area contributed by atoms with Gasteiger partial charge in [0, 0.05) is 58.8 Å². The molecule has 3 atom stereocenters. The third kappa shape index (κ3) is 18.0.